The minimum absolute atomic E-state index is 0.779. The molecule has 140 valence electrons. The molecule has 0 aliphatic rings. The molecule has 0 N–H and O–H groups in total. The van der Waals surface area contributed by atoms with Crippen LogP contribution in [0.25, 0.3) is 0 Å². The summed E-state index contributed by atoms with van der Waals surface area (Å²) in [7, 11) is 0. The van der Waals surface area contributed by atoms with Crippen molar-refractivity contribution in [2.45, 2.75) is 105 Å². The van der Waals surface area contributed by atoms with Crippen LogP contribution in [-0.4, -0.2) is 6.69 Å². The van der Waals surface area contributed by atoms with E-state index in [9.17, 15) is 0 Å². The number of hydrogen-bond donors (Lipinski definition) is 0. The molecule has 0 amide bonds. The molecule has 0 saturated carbocycles. The molecule has 0 aromatic carbocycles. The van der Waals surface area contributed by atoms with E-state index in [1.165, 1.54) is 51.4 Å². The first-order valence-corrected chi connectivity index (χ1v) is 14.4. The van der Waals surface area contributed by atoms with Gasteiger partial charge in [-0.25, -0.2) is 0 Å². The number of hydrogen-bond acceptors (Lipinski definition) is 0. The molecule has 3 heteroatoms. The highest BCUT2D eigenvalue weighted by Gasteiger charge is 2.28. The van der Waals surface area contributed by atoms with Crippen molar-refractivity contribution >= 4 is 28.9 Å². The van der Waals surface area contributed by atoms with E-state index in [1.54, 1.807) is 0 Å². The third-order valence-electron chi connectivity index (χ3n) is 4.96. The van der Waals surface area contributed by atoms with Crippen LogP contribution in [0.3, 0.4) is 0 Å². The topological polar surface area (TPSA) is 0 Å². The second-order valence-electron chi connectivity index (χ2n) is 8.79. The lowest BCUT2D eigenvalue weighted by Gasteiger charge is -2.21. The first kappa shape index (κ1) is 23.8. The van der Waals surface area contributed by atoms with Crippen molar-refractivity contribution in [2.24, 2.45) is 23.7 Å². The molecule has 2 atom stereocenters. The van der Waals surface area contributed by atoms with Crippen molar-refractivity contribution in [3.63, 3.8) is 0 Å². The maximum absolute atomic E-state index is 6.70. The highest BCUT2D eigenvalue weighted by molar-refractivity contribution is 7.45. The maximum Gasteiger partial charge on any atom is 0.251 e. The fraction of sp³-hybridized carbons (Fsp3) is 1.00. The summed E-state index contributed by atoms with van der Waals surface area (Å²) in [5, 5.41) is 0. The zero-order valence-corrected chi connectivity index (χ0v) is 19.1. The molecule has 0 bridgehead atoms. The first-order chi connectivity index (χ1) is 10.6. The average molecular weight is 382 g/mol. The fourth-order valence-corrected chi connectivity index (χ4v) is 6.47. The minimum Gasteiger partial charge on any atom is -0.146 e. The largest absolute Gasteiger partial charge is 0.251 e. The summed E-state index contributed by atoms with van der Waals surface area (Å²) < 4.78 is 0. The van der Waals surface area contributed by atoms with Gasteiger partial charge in [-0.1, -0.05) is 92.9 Å². The summed E-state index contributed by atoms with van der Waals surface area (Å²) in [6, 6.07) is 2.16. The third kappa shape index (κ3) is 16.0. The molecule has 0 spiro atoms. The molecule has 0 aliphatic carbocycles. The van der Waals surface area contributed by atoms with Crippen LogP contribution in [0.2, 0.25) is 12.1 Å². The molecular weight excluding hydrogens is 339 g/mol. The molecule has 0 radical (unpaired) electrons. The number of halogens is 2. The number of rotatable bonds is 14. The third-order valence-corrected chi connectivity index (χ3v) is 9.27. The van der Waals surface area contributed by atoms with E-state index in [-0.39, 0.29) is 0 Å². The van der Waals surface area contributed by atoms with Gasteiger partial charge >= 0.3 is 0 Å². The monoisotopic (exact) mass is 380 g/mol. The van der Waals surface area contributed by atoms with Crippen LogP contribution in [0.5, 0.6) is 0 Å². The van der Waals surface area contributed by atoms with E-state index in [1.807, 2.05) is 0 Å². The molecular formula is C20H42Cl2Si. The Hall–Kier alpha value is 0.797. The van der Waals surface area contributed by atoms with Crippen LogP contribution in [0.15, 0.2) is 0 Å². The standard InChI is InChI=1S/C20H42Cl2Si/c1-17(2)9-7-11-19(5)13-15-23(21,22)16-14-20(6)12-8-10-18(3)4/h17-20H,7-16H2,1-6H3. The molecule has 0 aliphatic heterocycles. The van der Waals surface area contributed by atoms with Crippen molar-refractivity contribution in [1.82, 2.24) is 0 Å². The van der Waals surface area contributed by atoms with E-state index in [4.69, 9.17) is 22.2 Å². The summed E-state index contributed by atoms with van der Waals surface area (Å²) in [5.41, 5.74) is 0. The smallest absolute Gasteiger partial charge is 0.146 e. The van der Waals surface area contributed by atoms with Gasteiger partial charge < -0.3 is 0 Å². The summed E-state index contributed by atoms with van der Waals surface area (Å²) in [4.78, 5) is 0. The molecule has 2 unspecified atom stereocenters. The molecule has 0 heterocycles. The van der Waals surface area contributed by atoms with Gasteiger partial charge in [0.15, 0.2) is 0 Å². The highest BCUT2D eigenvalue weighted by atomic mass is 35.7. The summed E-state index contributed by atoms with van der Waals surface area (Å²) >= 11 is 13.4. The van der Waals surface area contributed by atoms with E-state index < -0.39 is 6.69 Å². The van der Waals surface area contributed by atoms with Gasteiger partial charge in [0, 0.05) is 0 Å². The quantitative estimate of drug-likeness (QED) is 0.209. The Kier molecular flexibility index (Phi) is 13.5. The molecule has 23 heavy (non-hydrogen) atoms. The second kappa shape index (κ2) is 13.1. The van der Waals surface area contributed by atoms with E-state index >= 15 is 0 Å². The van der Waals surface area contributed by atoms with Crippen molar-refractivity contribution < 1.29 is 0 Å². The van der Waals surface area contributed by atoms with Gasteiger partial charge in [-0.05, 0) is 35.8 Å². The lowest BCUT2D eigenvalue weighted by Crippen LogP contribution is -2.20. The molecule has 0 rings (SSSR count). The van der Waals surface area contributed by atoms with Crippen LogP contribution in [0.4, 0.5) is 0 Å². The zero-order chi connectivity index (χ0) is 17.9. The summed E-state index contributed by atoms with van der Waals surface area (Å²) in [6.07, 6.45) is 10.5. The normalized spacial score (nSPS) is 15.4. The van der Waals surface area contributed by atoms with Crippen LogP contribution in [-0.2, 0) is 0 Å². The SMILES string of the molecule is CC(C)CCCC(C)CC[Si](Cl)(Cl)CCC(C)CCCC(C)C. The molecule has 0 aromatic rings. The minimum atomic E-state index is -2.01. The Labute approximate surface area is 157 Å². The Bertz CT molecular complexity index is 251. The lowest BCUT2D eigenvalue weighted by molar-refractivity contribution is 0.443. The van der Waals surface area contributed by atoms with Gasteiger partial charge in [-0.2, -0.15) is 0 Å². The summed E-state index contributed by atoms with van der Waals surface area (Å²) in [5.74, 6) is 3.21. The second-order valence-corrected chi connectivity index (χ2v) is 16.4. The molecule has 0 fully saturated rings. The highest BCUT2D eigenvalue weighted by Crippen LogP contribution is 2.33. The zero-order valence-electron chi connectivity index (χ0n) is 16.6. The molecule has 0 saturated heterocycles. The predicted octanol–water partition coefficient (Wildman–Crippen LogP) is 8.61. The average Bonchev–Trinajstić information content (AvgIpc) is 2.42. The van der Waals surface area contributed by atoms with Gasteiger partial charge in [0.05, 0.1) is 0 Å². The lowest BCUT2D eigenvalue weighted by atomic mass is 9.98. The molecule has 0 nitrogen and oxygen atoms in total. The fourth-order valence-electron chi connectivity index (χ4n) is 3.08. The van der Waals surface area contributed by atoms with Gasteiger partial charge in [-0.15, -0.1) is 22.2 Å². The Morgan fingerprint density at radius 3 is 1.22 bits per heavy atom. The van der Waals surface area contributed by atoms with Gasteiger partial charge in [0.2, 0.25) is 0 Å². The Morgan fingerprint density at radius 1 is 0.565 bits per heavy atom. The van der Waals surface area contributed by atoms with Crippen molar-refractivity contribution in [1.29, 1.82) is 0 Å². The van der Waals surface area contributed by atoms with Crippen LogP contribution in [0.1, 0.15) is 92.9 Å². The van der Waals surface area contributed by atoms with Crippen molar-refractivity contribution in [3.8, 4) is 0 Å². The Balaban J connectivity index is 3.81. The van der Waals surface area contributed by atoms with Gasteiger partial charge in [0.25, 0.3) is 6.69 Å². The predicted molar refractivity (Wildman–Crippen MR) is 112 cm³/mol. The van der Waals surface area contributed by atoms with Crippen molar-refractivity contribution in [2.75, 3.05) is 0 Å². The Morgan fingerprint density at radius 2 is 0.913 bits per heavy atom. The maximum atomic E-state index is 6.70. The summed E-state index contributed by atoms with van der Waals surface area (Å²) in [6.45, 7) is 12.0. The van der Waals surface area contributed by atoms with Crippen LogP contribution >= 0.6 is 22.2 Å². The van der Waals surface area contributed by atoms with Crippen molar-refractivity contribution in [3.05, 3.63) is 0 Å². The van der Waals surface area contributed by atoms with Crippen LogP contribution in [0, 0.1) is 23.7 Å². The van der Waals surface area contributed by atoms with Gasteiger partial charge in [-0.3, -0.25) is 0 Å². The van der Waals surface area contributed by atoms with E-state index in [0.717, 1.165) is 35.8 Å². The molecule has 0 aromatic heterocycles. The van der Waals surface area contributed by atoms with Gasteiger partial charge in [0.1, 0.15) is 0 Å². The van der Waals surface area contributed by atoms with E-state index in [2.05, 4.69) is 41.5 Å². The van der Waals surface area contributed by atoms with E-state index in [0.29, 0.717) is 0 Å². The van der Waals surface area contributed by atoms with Crippen LogP contribution < -0.4 is 0 Å². The first-order valence-electron chi connectivity index (χ1n) is 10.00.